The quantitative estimate of drug-likeness (QED) is 0.898. The standard InChI is InChI=1S/C14H19ClN2O.ClH/c15-13-3-1-2-12(8-13)10-17-14(18)9-11-4-6-16-7-5-11;/h1-3,8,11,16H,4-7,9-10H2,(H,17,18);1H. The van der Waals surface area contributed by atoms with Crippen LogP contribution in [-0.2, 0) is 11.3 Å². The second-order valence-corrected chi connectivity index (χ2v) is 5.24. The highest BCUT2D eigenvalue weighted by Gasteiger charge is 2.16. The molecule has 1 aromatic rings. The minimum Gasteiger partial charge on any atom is -0.352 e. The number of nitrogens with one attached hydrogen (secondary N) is 2. The van der Waals surface area contributed by atoms with E-state index in [1.807, 2.05) is 24.3 Å². The fourth-order valence-corrected chi connectivity index (χ4v) is 2.48. The smallest absolute Gasteiger partial charge is 0.220 e. The Hall–Kier alpha value is -0.770. The molecule has 5 heteroatoms. The summed E-state index contributed by atoms with van der Waals surface area (Å²) in [7, 11) is 0. The summed E-state index contributed by atoms with van der Waals surface area (Å²) in [4.78, 5) is 11.8. The lowest BCUT2D eigenvalue weighted by Gasteiger charge is -2.21. The average Bonchev–Trinajstić information content (AvgIpc) is 2.38. The summed E-state index contributed by atoms with van der Waals surface area (Å²) in [6.07, 6.45) is 2.84. The topological polar surface area (TPSA) is 41.1 Å². The summed E-state index contributed by atoms with van der Waals surface area (Å²) in [6.45, 7) is 2.63. The molecule has 0 aliphatic carbocycles. The molecule has 1 saturated heterocycles. The van der Waals surface area contributed by atoms with Crippen LogP contribution in [0.3, 0.4) is 0 Å². The Bertz CT molecular complexity index is 406. The van der Waals surface area contributed by atoms with Crippen LogP contribution in [0, 0.1) is 5.92 Å². The molecule has 1 amide bonds. The Morgan fingerprint density at radius 2 is 2.11 bits per heavy atom. The summed E-state index contributed by atoms with van der Waals surface area (Å²) < 4.78 is 0. The Morgan fingerprint density at radius 3 is 2.79 bits per heavy atom. The second kappa shape index (κ2) is 8.41. The van der Waals surface area contributed by atoms with Gasteiger partial charge in [-0.3, -0.25) is 4.79 Å². The highest BCUT2D eigenvalue weighted by atomic mass is 35.5. The molecule has 19 heavy (non-hydrogen) atoms. The van der Waals surface area contributed by atoms with Gasteiger partial charge in [0, 0.05) is 18.0 Å². The lowest BCUT2D eigenvalue weighted by molar-refractivity contribution is -0.122. The van der Waals surface area contributed by atoms with Gasteiger partial charge in [0.1, 0.15) is 0 Å². The first-order chi connectivity index (χ1) is 8.74. The molecule has 1 heterocycles. The summed E-state index contributed by atoms with van der Waals surface area (Å²) >= 11 is 5.90. The van der Waals surface area contributed by atoms with Crippen LogP contribution in [-0.4, -0.2) is 19.0 Å². The molecule has 0 saturated carbocycles. The number of halogens is 2. The van der Waals surface area contributed by atoms with Crippen LogP contribution in [0.4, 0.5) is 0 Å². The van der Waals surface area contributed by atoms with Gasteiger partial charge in [0.25, 0.3) is 0 Å². The van der Waals surface area contributed by atoms with Crippen molar-refractivity contribution in [3.8, 4) is 0 Å². The molecule has 0 spiro atoms. The van der Waals surface area contributed by atoms with Gasteiger partial charge in [-0.15, -0.1) is 12.4 Å². The second-order valence-electron chi connectivity index (χ2n) is 4.80. The Labute approximate surface area is 125 Å². The van der Waals surface area contributed by atoms with Gasteiger partial charge < -0.3 is 10.6 Å². The molecule has 0 atom stereocenters. The first-order valence-electron chi connectivity index (χ1n) is 6.46. The van der Waals surface area contributed by atoms with Crippen LogP contribution < -0.4 is 10.6 Å². The zero-order valence-corrected chi connectivity index (χ0v) is 12.4. The third-order valence-corrected chi connectivity index (χ3v) is 3.55. The van der Waals surface area contributed by atoms with Crippen molar-refractivity contribution in [1.82, 2.24) is 10.6 Å². The van der Waals surface area contributed by atoms with Crippen molar-refractivity contribution in [1.29, 1.82) is 0 Å². The van der Waals surface area contributed by atoms with Gasteiger partial charge in [-0.25, -0.2) is 0 Å². The third-order valence-electron chi connectivity index (χ3n) is 3.31. The van der Waals surface area contributed by atoms with E-state index in [2.05, 4.69) is 10.6 Å². The number of carbonyl (C=O) groups excluding carboxylic acids is 1. The van der Waals surface area contributed by atoms with Crippen LogP contribution in [0.1, 0.15) is 24.8 Å². The van der Waals surface area contributed by atoms with Gasteiger partial charge in [0.15, 0.2) is 0 Å². The number of piperidine rings is 1. The molecular weight excluding hydrogens is 283 g/mol. The summed E-state index contributed by atoms with van der Waals surface area (Å²) in [5.74, 6) is 0.674. The van der Waals surface area contributed by atoms with Gasteiger partial charge in [-0.2, -0.15) is 0 Å². The maximum atomic E-state index is 11.8. The zero-order valence-electron chi connectivity index (χ0n) is 10.8. The number of amides is 1. The molecule has 106 valence electrons. The first-order valence-corrected chi connectivity index (χ1v) is 6.83. The van der Waals surface area contributed by atoms with Gasteiger partial charge >= 0.3 is 0 Å². The van der Waals surface area contributed by atoms with Crippen molar-refractivity contribution < 1.29 is 4.79 Å². The number of rotatable bonds is 4. The lowest BCUT2D eigenvalue weighted by Crippen LogP contribution is -2.32. The fourth-order valence-electron chi connectivity index (χ4n) is 2.27. The minimum absolute atomic E-state index is 0. The van der Waals surface area contributed by atoms with Crippen LogP contribution >= 0.6 is 24.0 Å². The van der Waals surface area contributed by atoms with Crippen molar-refractivity contribution in [3.05, 3.63) is 34.9 Å². The van der Waals surface area contributed by atoms with Gasteiger partial charge in [-0.1, -0.05) is 23.7 Å². The molecule has 0 unspecified atom stereocenters. The molecule has 1 fully saturated rings. The van der Waals surface area contributed by atoms with E-state index in [0.29, 0.717) is 23.9 Å². The van der Waals surface area contributed by atoms with Crippen molar-refractivity contribution in [2.24, 2.45) is 5.92 Å². The number of carbonyl (C=O) groups is 1. The predicted molar refractivity (Wildman–Crippen MR) is 80.8 cm³/mol. The van der Waals surface area contributed by atoms with E-state index in [0.717, 1.165) is 31.5 Å². The van der Waals surface area contributed by atoms with Crippen molar-refractivity contribution >= 4 is 29.9 Å². The Morgan fingerprint density at radius 1 is 1.37 bits per heavy atom. The number of hydrogen-bond donors (Lipinski definition) is 2. The first kappa shape index (κ1) is 16.3. The van der Waals surface area contributed by atoms with E-state index < -0.39 is 0 Å². The molecule has 0 radical (unpaired) electrons. The van der Waals surface area contributed by atoms with Crippen molar-refractivity contribution in [2.45, 2.75) is 25.8 Å². The minimum atomic E-state index is 0. The Balaban J connectivity index is 0.00000180. The van der Waals surface area contributed by atoms with E-state index in [1.165, 1.54) is 0 Å². The van der Waals surface area contributed by atoms with E-state index in [1.54, 1.807) is 0 Å². The highest BCUT2D eigenvalue weighted by molar-refractivity contribution is 6.30. The molecule has 2 N–H and O–H groups in total. The maximum Gasteiger partial charge on any atom is 0.220 e. The monoisotopic (exact) mass is 302 g/mol. The van der Waals surface area contributed by atoms with Crippen molar-refractivity contribution in [3.63, 3.8) is 0 Å². The summed E-state index contributed by atoms with van der Waals surface area (Å²) in [5.41, 5.74) is 1.04. The van der Waals surface area contributed by atoms with Crippen LogP contribution in [0.2, 0.25) is 5.02 Å². The summed E-state index contributed by atoms with van der Waals surface area (Å²) in [5, 5.41) is 6.97. The fraction of sp³-hybridized carbons (Fsp3) is 0.500. The molecule has 3 nitrogen and oxygen atoms in total. The predicted octanol–water partition coefficient (Wildman–Crippen LogP) is 2.77. The largest absolute Gasteiger partial charge is 0.352 e. The van der Waals surface area contributed by atoms with Crippen LogP contribution in [0.5, 0.6) is 0 Å². The SMILES string of the molecule is Cl.O=C(CC1CCNCC1)NCc1cccc(Cl)c1. The molecule has 2 rings (SSSR count). The maximum absolute atomic E-state index is 11.8. The molecule has 1 aliphatic heterocycles. The molecule has 0 bridgehead atoms. The normalized spacial score (nSPS) is 15.6. The van der Waals surface area contributed by atoms with E-state index >= 15 is 0 Å². The third kappa shape index (κ3) is 5.81. The molecule has 1 aromatic carbocycles. The molecule has 0 aromatic heterocycles. The van der Waals surface area contributed by atoms with Gasteiger partial charge in [-0.05, 0) is 49.5 Å². The zero-order chi connectivity index (χ0) is 12.8. The highest BCUT2D eigenvalue weighted by Crippen LogP contribution is 2.16. The van der Waals surface area contributed by atoms with Crippen molar-refractivity contribution in [2.75, 3.05) is 13.1 Å². The van der Waals surface area contributed by atoms with Gasteiger partial charge in [0.2, 0.25) is 5.91 Å². The van der Waals surface area contributed by atoms with E-state index in [9.17, 15) is 4.79 Å². The number of hydrogen-bond acceptors (Lipinski definition) is 2. The van der Waals surface area contributed by atoms with Gasteiger partial charge in [0.05, 0.1) is 0 Å². The van der Waals surface area contributed by atoms with E-state index in [4.69, 9.17) is 11.6 Å². The average molecular weight is 303 g/mol. The molecule has 1 aliphatic rings. The molecular formula is C14H20Cl2N2O. The number of benzene rings is 1. The van der Waals surface area contributed by atoms with Crippen LogP contribution in [0.25, 0.3) is 0 Å². The lowest BCUT2D eigenvalue weighted by atomic mass is 9.94. The van der Waals surface area contributed by atoms with E-state index in [-0.39, 0.29) is 18.3 Å². The Kier molecular flexibility index (Phi) is 7.21. The summed E-state index contributed by atoms with van der Waals surface area (Å²) in [6, 6.07) is 7.58. The van der Waals surface area contributed by atoms with Crippen LogP contribution in [0.15, 0.2) is 24.3 Å².